The van der Waals surface area contributed by atoms with Crippen LogP contribution in [0.5, 0.6) is 0 Å². The lowest BCUT2D eigenvalue weighted by Gasteiger charge is -2.06. The molecule has 0 bridgehead atoms. The molecule has 0 aliphatic rings. The highest BCUT2D eigenvalue weighted by molar-refractivity contribution is 7.89. The molecule has 9 heteroatoms. The summed E-state index contributed by atoms with van der Waals surface area (Å²) in [4.78, 5) is 0.197. The quantitative estimate of drug-likeness (QED) is 0.676. The molecule has 3 N–H and O–H groups in total. The van der Waals surface area contributed by atoms with Gasteiger partial charge in [-0.15, -0.1) is 0 Å². The highest BCUT2D eigenvalue weighted by atomic mass is 32.2. The summed E-state index contributed by atoms with van der Waals surface area (Å²) >= 11 is 0. The molecular formula is C11H18N6O2S. The zero-order valence-electron chi connectivity index (χ0n) is 11.6. The summed E-state index contributed by atoms with van der Waals surface area (Å²) in [5.74, 6) is 0. The molecule has 110 valence electrons. The molecule has 8 nitrogen and oxygen atoms in total. The van der Waals surface area contributed by atoms with Crippen LogP contribution in [0.25, 0.3) is 0 Å². The molecule has 2 aromatic rings. The smallest absolute Gasteiger partial charge is 0.244 e. The first-order chi connectivity index (χ1) is 9.44. The van der Waals surface area contributed by atoms with Crippen LogP contribution in [0, 0.1) is 6.92 Å². The fraction of sp³-hybridized carbons (Fsp3) is 0.455. The van der Waals surface area contributed by atoms with Gasteiger partial charge >= 0.3 is 0 Å². The highest BCUT2D eigenvalue weighted by Gasteiger charge is 2.23. The van der Waals surface area contributed by atoms with Crippen molar-refractivity contribution in [1.82, 2.24) is 30.0 Å². The number of hydrogen-bond acceptors (Lipinski definition) is 5. The molecule has 2 heterocycles. The van der Waals surface area contributed by atoms with Crippen LogP contribution in [0.4, 0.5) is 0 Å². The molecule has 0 unspecified atom stereocenters. The summed E-state index contributed by atoms with van der Waals surface area (Å²) in [5, 5.41) is 13.7. The number of hydrogen-bond donors (Lipinski definition) is 3. The molecule has 2 rings (SSSR count). The van der Waals surface area contributed by atoms with E-state index in [1.807, 2.05) is 0 Å². The SMILES string of the molecule is CNCc1n[nH]c(C)c1S(=O)(=O)NCc1ccn(C)n1. The van der Waals surface area contributed by atoms with Gasteiger partial charge in [0, 0.05) is 19.8 Å². The van der Waals surface area contributed by atoms with E-state index in [9.17, 15) is 8.42 Å². The Morgan fingerprint density at radius 1 is 1.40 bits per heavy atom. The van der Waals surface area contributed by atoms with E-state index in [0.717, 1.165) is 0 Å². The topological polar surface area (TPSA) is 105 Å². The predicted molar refractivity (Wildman–Crippen MR) is 73.3 cm³/mol. The number of rotatable bonds is 6. The summed E-state index contributed by atoms with van der Waals surface area (Å²) in [6.07, 6.45) is 1.76. The second kappa shape index (κ2) is 5.73. The number of H-pyrrole nitrogens is 1. The average molecular weight is 298 g/mol. The van der Waals surface area contributed by atoms with Gasteiger partial charge in [0.25, 0.3) is 0 Å². The molecule has 0 saturated heterocycles. The monoisotopic (exact) mass is 298 g/mol. The molecule has 0 amide bonds. The van der Waals surface area contributed by atoms with Crippen LogP contribution in [-0.2, 0) is 30.2 Å². The van der Waals surface area contributed by atoms with Gasteiger partial charge in [-0.3, -0.25) is 9.78 Å². The van der Waals surface area contributed by atoms with Crippen LogP contribution >= 0.6 is 0 Å². The maximum atomic E-state index is 12.4. The van der Waals surface area contributed by atoms with Gasteiger partial charge in [-0.05, 0) is 20.0 Å². The number of nitrogens with one attached hydrogen (secondary N) is 3. The lowest BCUT2D eigenvalue weighted by atomic mass is 10.4. The van der Waals surface area contributed by atoms with Crippen LogP contribution in [0.2, 0.25) is 0 Å². The van der Waals surface area contributed by atoms with E-state index >= 15 is 0 Å². The summed E-state index contributed by atoms with van der Waals surface area (Å²) in [5.41, 5.74) is 1.65. The van der Waals surface area contributed by atoms with E-state index in [4.69, 9.17) is 0 Å². The predicted octanol–water partition coefficient (Wildman–Crippen LogP) is -0.350. The van der Waals surface area contributed by atoms with Gasteiger partial charge in [0.15, 0.2) is 0 Å². The van der Waals surface area contributed by atoms with Gasteiger partial charge in [0.2, 0.25) is 10.0 Å². The summed E-state index contributed by atoms with van der Waals surface area (Å²) < 4.78 is 28.9. The normalized spacial score (nSPS) is 11.9. The van der Waals surface area contributed by atoms with Gasteiger partial charge < -0.3 is 5.32 Å². The van der Waals surface area contributed by atoms with Gasteiger partial charge in [-0.25, -0.2) is 13.1 Å². The fourth-order valence-corrected chi connectivity index (χ4v) is 3.27. The average Bonchev–Trinajstić information content (AvgIpc) is 2.95. The lowest BCUT2D eigenvalue weighted by Crippen LogP contribution is -2.25. The second-order valence-electron chi connectivity index (χ2n) is 4.46. The first kappa shape index (κ1) is 14.7. The Morgan fingerprint density at radius 3 is 2.75 bits per heavy atom. The molecular weight excluding hydrogens is 280 g/mol. The largest absolute Gasteiger partial charge is 0.314 e. The third-order valence-electron chi connectivity index (χ3n) is 2.79. The standard InChI is InChI=1S/C11H18N6O2S/c1-8-11(10(7-12-2)15-14-8)20(18,19)13-6-9-4-5-17(3)16-9/h4-5,12-13H,6-7H2,1-3H3,(H,14,15). The van der Waals surface area contributed by atoms with E-state index in [1.165, 1.54) is 0 Å². The van der Waals surface area contributed by atoms with Crippen molar-refractivity contribution in [2.75, 3.05) is 7.05 Å². The molecule has 0 aliphatic heterocycles. The van der Waals surface area contributed by atoms with Crippen molar-refractivity contribution in [1.29, 1.82) is 0 Å². The van der Waals surface area contributed by atoms with Crippen LogP contribution in [0.1, 0.15) is 17.1 Å². The molecule has 0 fully saturated rings. The van der Waals surface area contributed by atoms with Crippen LogP contribution in [-0.4, -0.2) is 35.4 Å². The Kier molecular flexibility index (Phi) is 4.21. The Hall–Kier alpha value is -1.71. The van der Waals surface area contributed by atoms with E-state index in [0.29, 0.717) is 23.6 Å². The molecule has 0 aromatic carbocycles. The minimum absolute atomic E-state index is 0.146. The fourth-order valence-electron chi connectivity index (χ4n) is 1.91. The summed E-state index contributed by atoms with van der Waals surface area (Å²) in [6.45, 7) is 2.21. The van der Waals surface area contributed by atoms with Gasteiger partial charge in [-0.1, -0.05) is 0 Å². The summed E-state index contributed by atoms with van der Waals surface area (Å²) in [7, 11) is -0.104. The van der Waals surface area contributed by atoms with E-state index in [1.54, 1.807) is 38.0 Å². The number of sulfonamides is 1. The van der Waals surface area contributed by atoms with Crippen LogP contribution in [0.3, 0.4) is 0 Å². The van der Waals surface area contributed by atoms with E-state index in [2.05, 4.69) is 25.3 Å². The number of aromatic nitrogens is 4. The number of aromatic amines is 1. The third-order valence-corrected chi connectivity index (χ3v) is 4.39. The van der Waals surface area contributed by atoms with Gasteiger partial charge in [0.1, 0.15) is 4.90 Å². The van der Waals surface area contributed by atoms with Crippen molar-refractivity contribution in [3.05, 3.63) is 29.3 Å². The van der Waals surface area contributed by atoms with Crippen molar-refractivity contribution in [3.8, 4) is 0 Å². The highest BCUT2D eigenvalue weighted by Crippen LogP contribution is 2.17. The van der Waals surface area contributed by atoms with Crippen molar-refractivity contribution >= 4 is 10.0 Å². The van der Waals surface area contributed by atoms with Crippen molar-refractivity contribution in [2.45, 2.75) is 24.9 Å². The van der Waals surface area contributed by atoms with E-state index < -0.39 is 10.0 Å². The van der Waals surface area contributed by atoms with Crippen molar-refractivity contribution in [2.24, 2.45) is 7.05 Å². The molecule has 0 radical (unpaired) electrons. The molecule has 20 heavy (non-hydrogen) atoms. The zero-order valence-corrected chi connectivity index (χ0v) is 12.5. The Balaban J connectivity index is 2.20. The number of nitrogens with zero attached hydrogens (tertiary/aromatic N) is 3. The van der Waals surface area contributed by atoms with Crippen LogP contribution < -0.4 is 10.0 Å². The minimum atomic E-state index is -3.62. The van der Waals surface area contributed by atoms with E-state index in [-0.39, 0.29) is 11.4 Å². The van der Waals surface area contributed by atoms with Crippen LogP contribution in [0.15, 0.2) is 17.2 Å². The third kappa shape index (κ3) is 3.06. The molecule has 0 atom stereocenters. The first-order valence-electron chi connectivity index (χ1n) is 6.10. The molecule has 0 saturated carbocycles. The number of aryl methyl sites for hydroxylation is 2. The van der Waals surface area contributed by atoms with Gasteiger partial charge in [0.05, 0.1) is 23.6 Å². The summed E-state index contributed by atoms with van der Waals surface area (Å²) in [6, 6.07) is 1.76. The Labute approximate surface area is 117 Å². The Bertz CT molecular complexity index is 688. The zero-order chi connectivity index (χ0) is 14.8. The molecule has 2 aromatic heterocycles. The van der Waals surface area contributed by atoms with Crippen molar-refractivity contribution < 1.29 is 8.42 Å². The molecule has 0 aliphatic carbocycles. The lowest BCUT2D eigenvalue weighted by molar-refractivity contribution is 0.577. The first-order valence-corrected chi connectivity index (χ1v) is 7.59. The maximum Gasteiger partial charge on any atom is 0.244 e. The molecule has 0 spiro atoms. The maximum absolute atomic E-state index is 12.4. The Morgan fingerprint density at radius 2 is 2.15 bits per heavy atom. The minimum Gasteiger partial charge on any atom is -0.314 e. The van der Waals surface area contributed by atoms with Gasteiger partial charge in [-0.2, -0.15) is 10.2 Å². The second-order valence-corrected chi connectivity index (χ2v) is 6.16. The van der Waals surface area contributed by atoms with Crippen molar-refractivity contribution in [3.63, 3.8) is 0 Å².